The maximum Gasteiger partial charge on any atom is 0.247 e. The van der Waals surface area contributed by atoms with Gasteiger partial charge in [-0.3, -0.25) is 4.79 Å². The van der Waals surface area contributed by atoms with Gasteiger partial charge in [-0.05, 0) is 39.0 Å². The van der Waals surface area contributed by atoms with Crippen LogP contribution in [0.5, 0.6) is 0 Å². The van der Waals surface area contributed by atoms with Crippen molar-refractivity contribution in [1.29, 1.82) is 0 Å². The molecule has 1 aromatic rings. The summed E-state index contributed by atoms with van der Waals surface area (Å²) in [7, 11) is 0. The predicted octanol–water partition coefficient (Wildman–Crippen LogP) is 1.35. The van der Waals surface area contributed by atoms with Crippen molar-refractivity contribution in [3.63, 3.8) is 0 Å². The lowest BCUT2D eigenvalue weighted by Crippen LogP contribution is -2.47. The van der Waals surface area contributed by atoms with Gasteiger partial charge in [-0.25, -0.2) is 9.67 Å². The molecule has 0 saturated heterocycles. The first-order valence-electron chi connectivity index (χ1n) is 7.53. The standard InChI is InChI=1S/C14H25N5O/c1-3-8-18(13-6-4-12(15)5-7-13)14(20)11(2)19-10-16-9-17-19/h9-13H,3-8,15H2,1-2H3. The number of hydrogen-bond donors (Lipinski definition) is 1. The van der Waals surface area contributed by atoms with Crippen molar-refractivity contribution in [2.75, 3.05) is 6.54 Å². The van der Waals surface area contributed by atoms with Crippen LogP contribution in [-0.2, 0) is 4.79 Å². The first-order valence-corrected chi connectivity index (χ1v) is 7.53. The molecule has 6 nitrogen and oxygen atoms in total. The van der Waals surface area contributed by atoms with E-state index < -0.39 is 0 Å². The summed E-state index contributed by atoms with van der Waals surface area (Å²) >= 11 is 0. The lowest BCUT2D eigenvalue weighted by molar-refractivity contribution is -0.137. The van der Waals surface area contributed by atoms with E-state index in [9.17, 15) is 4.79 Å². The summed E-state index contributed by atoms with van der Waals surface area (Å²) in [6.07, 6.45) is 8.08. The van der Waals surface area contributed by atoms with Crippen molar-refractivity contribution >= 4 is 5.91 Å². The fourth-order valence-corrected chi connectivity index (χ4v) is 2.90. The quantitative estimate of drug-likeness (QED) is 0.882. The zero-order chi connectivity index (χ0) is 14.5. The minimum Gasteiger partial charge on any atom is -0.338 e. The average molecular weight is 279 g/mol. The van der Waals surface area contributed by atoms with Gasteiger partial charge in [-0.15, -0.1) is 0 Å². The van der Waals surface area contributed by atoms with E-state index in [4.69, 9.17) is 5.73 Å². The van der Waals surface area contributed by atoms with Crippen LogP contribution in [0.3, 0.4) is 0 Å². The second kappa shape index (κ2) is 6.83. The molecule has 1 amide bonds. The first kappa shape index (κ1) is 15.0. The molecule has 0 bridgehead atoms. The summed E-state index contributed by atoms with van der Waals surface area (Å²) in [6.45, 7) is 4.79. The molecule has 1 aromatic heterocycles. The summed E-state index contributed by atoms with van der Waals surface area (Å²) in [4.78, 5) is 18.7. The Bertz CT molecular complexity index is 411. The second-order valence-corrected chi connectivity index (χ2v) is 5.65. The van der Waals surface area contributed by atoms with E-state index in [0.29, 0.717) is 12.1 Å². The van der Waals surface area contributed by atoms with Crippen molar-refractivity contribution < 1.29 is 4.79 Å². The highest BCUT2D eigenvalue weighted by molar-refractivity contribution is 5.80. The Morgan fingerprint density at radius 3 is 2.70 bits per heavy atom. The van der Waals surface area contributed by atoms with Crippen molar-refractivity contribution in [3.05, 3.63) is 12.7 Å². The highest BCUT2D eigenvalue weighted by atomic mass is 16.2. The van der Waals surface area contributed by atoms with Gasteiger partial charge in [0.05, 0.1) is 0 Å². The summed E-state index contributed by atoms with van der Waals surface area (Å²) < 4.78 is 1.62. The Balaban J connectivity index is 2.05. The van der Waals surface area contributed by atoms with Gasteiger partial charge in [0.25, 0.3) is 0 Å². The molecule has 2 N–H and O–H groups in total. The number of rotatable bonds is 5. The Morgan fingerprint density at radius 1 is 1.45 bits per heavy atom. The zero-order valence-corrected chi connectivity index (χ0v) is 12.4. The van der Waals surface area contributed by atoms with Crippen LogP contribution >= 0.6 is 0 Å². The van der Waals surface area contributed by atoms with Gasteiger partial charge in [-0.1, -0.05) is 6.92 Å². The molecule has 1 fully saturated rings. The van der Waals surface area contributed by atoms with E-state index in [0.717, 1.165) is 38.6 Å². The van der Waals surface area contributed by atoms with Crippen LogP contribution in [0, 0.1) is 0 Å². The Labute approximate surface area is 120 Å². The van der Waals surface area contributed by atoms with Crippen LogP contribution in [-0.4, -0.2) is 44.2 Å². The number of aromatic nitrogens is 3. The number of hydrogen-bond acceptors (Lipinski definition) is 4. The molecule has 20 heavy (non-hydrogen) atoms. The number of amides is 1. The summed E-state index contributed by atoms with van der Waals surface area (Å²) in [5.41, 5.74) is 5.96. The van der Waals surface area contributed by atoms with Crippen molar-refractivity contribution in [3.8, 4) is 0 Å². The normalized spacial score (nSPS) is 24.4. The molecule has 6 heteroatoms. The number of carbonyl (C=O) groups is 1. The maximum absolute atomic E-state index is 12.7. The Hall–Kier alpha value is -1.43. The predicted molar refractivity (Wildman–Crippen MR) is 77.0 cm³/mol. The molecule has 1 saturated carbocycles. The van der Waals surface area contributed by atoms with Gasteiger partial charge in [0.1, 0.15) is 18.7 Å². The maximum atomic E-state index is 12.7. The third-order valence-corrected chi connectivity index (χ3v) is 4.12. The van der Waals surface area contributed by atoms with Gasteiger partial charge in [0.15, 0.2) is 0 Å². The van der Waals surface area contributed by atoms with Crippen LogP contribution in [0.25, 0.3) is 0 Å². The molecule has 112 valence electrons. The van der Waals surface area contributed by atoms with E-state index in [1.807, 2.05) is 11.8 Å². The van der Waals surface area contributed by atoms with Crippen LogP contribution in [0.2, 0.25) is 0 Å². The molecule has 0 spiro atoms. The SMILES string of the molecule is CCCN(C(=O)C(C)n1cncn1)C1CCC(N)CC1. The third kappa shape index (κ3) is 3.36. The molecule has 0 aromatic carbocycles. The van der Waals surface area contributed by atoms with Crippen LogP contribution in [0.1, 0.15) is 52.0 Å². The molecule has 1 atom stereocenters. The number of nitrogens with zero attached hydrogens (tertiary/aromatic N) is 4. The van der Waals surface area contributed by atoms with Crippen LogP contribution in [0.4, 0.5) is 0 Å². The van der Waals surface area contributed by atoms with E-state index in [1.165, 1.54) is 6.33 Å². The smallest absolute Gasteiger partial charge is 0.247 e. The number of carbonyl (C=O) groups excluding carboxylic acids is 1. The molecule has 2 rings (SSSR count). The van der Waals surface area contributed by atoms with E-state index >= 15 is 0 Å². The Kier molecular flexibility index (Phi) is 5.11. The highest BCUT2D eigenvalue weighted by Gasteiger charge is 2.30. The summed E-state index contributed by atoms with van der Waals surface area (Å²) in [6, 6.07) is 0.338. The van der Waals surface area contributed by atoms with Crippen molar-refractivity contribution in [2.45, 2.75) is 64.1 Å². The number of nitrogens with two attached hydrogens (primary N) is 1. The van der Waals surface area contributed by atoms with Gasteiger partial charge >= 0.3 is 0 Å². The molecule has 1 aliphatic rings. The minimum absolute atomic E-state index is 0.137. The lowest BCUT2D eigenvalue weighted by atomic mass is 9.90. The summed E-state index contributed by atoms with van der Waals surface area (Å²) in [5, 5.41) is 4.08. The first-order chi connectivity index (χ1) is 9.63. The second-order valence-electron chi connectivity index (χ2n) is 5.65. The third-order valence-electron chi connectivity index (χ3n) is 4.12. The van der Waals surface area contributed by atoms with Crippen molar-refractivity contribution in [2.24, 2.45) is 5.73 Å². The van der Waals surface area contributed by atoms with E-state index in [-0.39, 0.29) is 11.9 Å². The van der Waals surface area contributed by atoms with Gasteiger partial charge < -0.3 is 10.6 Å². The molecular formula is C14H25N5O. The fraction of sp³-hybridized carbons (Fsp3) is 0.786. The molecule has 1 unspecified atom stereocenters. The molecular weight excluding hydrogens is 254 g/mol. The van der Waals surface area contributed by atoms with Crippen LogP contribution < -0.4 is 5.73 Å². The average Bonchev–Trinajstić information content (AvgIpc) is 2.98. The van der Waals surface area contributed by atoms with E-state index in [2.05, 4.69) is 17.0 Å². The molecule has 0 aliphatic heterocycles. The minimum atomic E-state index is -0.292. The topological polar surface area (TPSA) is 77.0 Å². The molecule has 1 heterocycles. The molecule has 1 aliphatic carbocycles. The Morgan fingerprint density at radius 2 is 2.15 bits per heavy atom. The highest BCUT2D eigenvalue weighted by Crippen LogP contribution is 2.24. The van der Waals surface area contributed by atoms with Gasteiger partial charge in [-0.2, -0.15) is 5.10 Å². The van der Waals surface area contributed by atoms with Gasteiger partial charge in [0.2, 0.25) is 5.91 Å². The largest absolute Gasteiger partial charge is 0.338 e. The van der Waals surface area contributed by atoms with Crippen molar-refractivity contribution in [1.82, 2.24) is 19.7 Å². The van der Waals surface area contributed by atoms with E-state index in [1.54, 1.807) is 11.0 Å². The zero-order valence-electron chi connectivity index (χ0n) is 12.4. The lowest BCUT2D eigenvalue weighted by Gasteiger charge is -2.37. The summed E-state index contributed by atoms with van der Waals surface area (Å²) in [5.74, 6) is 0.137. The fourth-order valence-electron chi connectivity index (χ4n) is 2.90. The van der Waals surface area contributed by atoms with Crippen LogP contribution in [0.15, 0.2) is 12.7 Å². The monoisotopic (exact) mass is 279 g/mol. The molecule has 0 radical (unpaired) electrons. The van der Waals surface area contributed by atoms with Gasteiger partial charge in [0, 0.05) is 18.6 Å².